The van der Waals surface area contributed by atoms with Crippen molar-refractivity contribution in [2.75, 3.05) is 32.8 Å². The number of benzene rings is 1. The first kappa shape index (κ1) is 22.0. The highest BCUT2D eigenvalue weighted by molar-refractivity contribution is 7.89. The van der Waals surface area contributed by atoms with Crippen LogP contribution in [0.5, 0.6) is 0 Å². The number of nitrogens with zero attached hydrogens (tertiary/aromatic N) is 1. The summed E-state index contributed by atoms with van der Waals surface area (Å²) < 4.78 is 42.2. The number of rotatable bonds is 9. The van der Waals surface area contributed by atoms with Crippen molar-refractivity contribution in [1.82, 2.24) is 9.62 Å². The quantitative estimate of drug-likeness (QED) is 0.468. The van der Waals surface area contributed by atoms with E-state index in [9.17, 15) is 18.0 Å². The molecule has 2 aromatic rings. The molecule has 0 aliphatic carbocycles. The molecule has 0 spiro atoms. The summed E-state index contributed by atoms with van der Waals surface area (Å²) >= 11 is 0. The van der Waals surface area contributed by atoms with Gasteiger partial charge >= 0.3 is 5.97 Å². The van der Waals surface area contributed by atoms with Gasteiger partial charge in [0.15, 0.2) is 5.76 Å². The van der Waals surface area contributed by atoms with Crippen LogP contribution < -0.4 is 5.32 Å². The normalized spacial score (nSPS) is 14.9. The number of nitrogens with one attached hydrogen (secondary N) is 1. The van der Waals surface area contributed by atoms with Crippen molar-refractivity contribution in [3.05, 3.63) is 54.0 Å². The Kier molecular flexibility index (Phi) is 7.61. The second-order valence-electron chi connectivity index (χ2n) is 6.66. The lowest BCUT2D eigenvalue weighted by molar-refractivity contribution is -0.145. The lowest BCUT2D eigenvalue weighted by atomic mass is 10.2. The fourth-order valence-corrected chi connectivity index (χ4v) is 4.38. The zero-order chi connectivity index (χ0) is 21.4. The van der Waals surface area contributed by atoms with E-state index >= 15 is 0 Å². The number of carbonyl (C=O) groups excluding carboxylic acids is 2. The minimum atomic E-state index is -3.60. The molecule has 3 rings (SSSR count). The molecule has 1 aromatic heterocycles. The number of morpholine rings is 1. The van der Waals surface area contributed by atoms with Crippen LogP contribution in [0.15, 0.2) is 52.0 Å². The van der Waals surface area contributed by atoms with Gasteiger partial charge in [0.1, 0.15) is 6.61 Å². The highest BCUT2D eigenvalue weighted by Gasteiger charge is 2.26. The Morgan fingerprint density at radius 1 is 1.13 bits per heavy atom. The third kappa shape index (κ3) is 5.91. The molecule has 1 amide bonds. The Morgan fingerprint density at radius 2 is 1.93 bits per heavy atom. The van der Waals surface area contributed by atoms with Crippen LogP contribution in [-0.2, 0) is 30.9 Å². The van der Waals surface area contributed by atoms with E-state index in [1.807, 2.05) is 0 Å². The van der Waals surface area contributed by atoms with Gasteiger partial charge in [-0.05, 0) is 36.2 Å². The number of carbonyl (C=O) groups is 2. The number of sulfonamides is 1. The number of hydrogen-bond donors (Lipinski definition) is 1. The molecule has 2 heterocycles. The van der Waals surface area contributed by atoms with Gasteiger partial charge in [0.05, 0.1) is 24.4 Å². The van der Waals surface area contributed by atoms with Gasteiger partial charge in [-0.25, -0.2) is 8.42 Å². The van der Waals surface area contributed by atoms with Gasteiger partial charge in [0.2, 0.25) is 10.0 Å². The molecule has 1 aromatic carbocycles. The average molecular weight is 436 g/mol. The first-order valence-corrected chi connectivity index (χ1v) is 11.0. The van der Waals surface area contributed by atoms with Crippen molar-refractivity contribution in [3.8, 4) is 0 Å². The zero-order valence-electron chi connectivity index (χ0n) is 16.4. The van der Waals surface area contributed by atoms with Crippen LogP contribution in [0.3, 0.4) is 0 Å². The monoisotopic (exact) mass is 436 g/mol. The molecule has 1 aliphatic heterocycles. The first-order valence-electron chi connectivity index (χ1n) is 9.61. The molecular weight excluding hydrogens is 412 g/mol. The van der Waals surface area contributed by atoms with Crippen molar-refractivity contribution in [3.63, 3.8) is 0 Å². The van der Waals surface area contributed by atoms with Crippen molar-refractivity contribution in [2.45, 2.75) is 24.3 Å². The standard InChI is InChI=1S/C20H24N2O7S/c23-19(7-2-8-21-20(24)18-6-3-11-28-18)29-15-16-4-1-5-17(14-16)30(25,26)22-9-12-27-13-10-22/h1,3-6,11,14H,2,7-10,12-13,15H2,(H,21,24). The molecule has 0 saturated carbocycles. The molecule has 1 aliphatic rings. The number of hydrogen-bond acceptors (Lipinski definition) is 7. The predicted octanol–water partition coefficient (Wildman–Crippen LogP) is 1.55. The molecule has 0 atom stereocenters. The molecule has 0 unspecified atom stereocenters. The largest absolute Gasteiger partial charge is 0.461 e. The number of amides is 1. The third-order valence-corrected chi connectivity index (χ3v) is 6.39. The van der Waals surface area contributed by atoms with Crippen molar-refractivity contribution >= 4 is 21.9 Å². The zero-order valence-corrected chi connectivity index (χ0v) is 17.2. The summed E-state index contributed by atoms with van der Waals surface area (Å²) in [5.74, 6) is -0.556. The molecule has 1 N–H and O–H groups in total. The van der Waals surface area contributed by atoms with Gasteiger partial charge in [-0.15, -0.1) is 0 Å². The fourth-order valence-electron chi connectivity index (χ4n) is 2.90. The van der Waals surface area contributed by atoms with Gasteiger partial charge < -0.3 is 19.2 Å². The Balaban J connectivity index is 1.43. The summed E-state index contributed by atoms with van der Waals surface area (Å²) in [7, 11) is -3.60. The van der Waals surface area contributed by atoms with Crippen LogP contribution in [0.1, 0.15) is 29.0 Å². The highest BCUT2D eigenvalue weighted by atomic mass is 32.2. The lowest BCUT2D eigenvalue weighted by Crippen LogP contribution is -2.40. The minimum Gasteiger partial charge on any atom is -0.461 e. The molecule has 10 heteroatoms. The van der Waals surface area contributed by atoms with Crippen molar-refractivity contribution in [2.24, 2.45) is 0 Å². The second kappa shape index (κ2) is 10.4. The Hall–Kier alpha value is -2.69. The number of ether oxygens (including phenoxy) is 2. The molecule has 162 valence electrons. The van der Waals surface area contributed by atoms with E-state index in [0.29, 0.717) is 44.8 Å². The van der Waals surface area contributed by atoms with E-state index in [0.717, 1.165) is 0 Å². The molecule has 1 fully saturated rings. The Labute approximate surface area is 175 Å². The smallest absolute Gasteiger partial charge is 0.306 e. The average Bonchev–Trinajstić information content (AvgIpc) is 3.31. The first-order chi connectivity index (χ1) is 14.5. The molecule has 1 saturated heterocycles. The van der Waals surface area contributed by atoms with E-state index in [2.05, 4.69) is 5.32 Å². The van der Waals surface area contributed by atoms with E-state index in [4.69, 9.17) is 13.9 Å². The van der Waals surface area contributed by atoms with Crippen LogP contribution in [0.2, 0.25) is 0 Å². The maximum Gasteiger partial charge on any atom is 0.306 e. The van der Waals surface area contributed by atoms with Crippen LogP contribution in [0, 0.1) is 0 Å². The van der Waals surface area contributed by atoms with Gasteiger partial charge in [0.25, 0.3) is 5.91 Å². The Bertz CT molecular complexity index is 951. The topological polar surface area (TPSA) is 115 Å². The van der Waals surface area contributed by atoms with E-state index < -0.39 is 16.0 Å². The van der Waals surface area contributed by atoms with Crippen LogP contribution in [0.25, 0.3) is 0 Å². The fraction of sp³-hybridized carbons (Fsp3) is 0.400. The van der Waals surface area contributed by atoms with Crippen LogP contribution >= 0.6 is 0 Å². The van der Waals surface area contributed by atoms with Gasteiger partial charge in [-0.2, -0.15) is 4.31 Å². The van der Waals surface area contributed by atoms with Crippen molar-refractivity contribution < 1.29 is 31.9 Å². The van der Waals surface area contributed by atoms with E-state index in [1.54, 1.807) is 24.3 Å². The van der Waals surface area contributed by atoms with E-state index in [-0.39, 0.29) is 29.6 Å². The SMILES string of the molecule is O=C(CCCNC(=O)c1ccco1)OCc1cccc(S(=O)(=O)N2CCOCC2)c1. The summed E-state index contributed by atoms with van der Waals surface area (Å²) in [5.41, 5.74) is 0.587. The van der Waals surface area contributed by atoms with Gasteiger partial charge in [0, 0.05) is 26.1 Å². The maximum atomic E-state index is 12.7. The summed E-state index contributed by atoms with van der Waals surface area (Å²) in [4.78, 5) is 23.8. The number of esters is 1. The van der Waals surface area contributed by atoms with Gasteiger partial charge in [-0.3, -0.25) is 9.59 Å². The Morgan fingerprint density at radius 3 is 2.67 bits per heavy atom. The third-order valence-electron chi connectivity index (χ3n) is 4.49. The molecule has 0 radical (unpaired) electrons. The molecule has 30 heavy (non-hydrogen) atoms. The number of furan rings is 1. The lowest BCUT2D eigenvalue weighted by Gasteiger charge is -2.26. The summed E-state index contributed by atoms with van der Waals surface area (Å²) in [6, 6.07) is 9.54. The molecule has 9 nitrogen and oxygen atoms in total. The summed E-state index contributed by atoms with van der Waals surface area (Å²) in [6.45, 7) is 1.67. The highest BCUT2D eigenvalue weighted by Crippen LogP contribution is 2.19. The summed E-state index contributed by atoms with van der Waals surface area (Å²) in [6.07, 6.45) is 1.95. The predicted molar refractivity (Wildman–Crippen MR) is 106 cm³/mol. The van der Waals surface area contributed by atoms with Crippen molar-refractivity contribution in [1.29, 1.82) is 0 Å². The van der Waals surface area contributed by atoms with Crippen LogP contribution in [-0.4, -0.2) is 57.4 Å². The minimum absolute atomic E-state index is 0.0238. The maximum absolute atomic E-state index is 12.7. The van der Waals surface area contributed by atoms with Gasteiger partial charge in [-0.1, -0.05) is 12.1 Å². The van der Waals surface area contributed by atoms with Crippen LogP contribution in [0.4, 0.5) is 0 Å². The summed E-state index contributed by atoms with van der Waals surface area (Å²) in [5, 5.41) is 2.65. The van der Waals surface area contributed by atoms with E-state index in [1.165, 1.54) is 22.7 Å². The molecule has 0 bridgehead atoms. The molecular formula is C20H24N2O7S. The second-order valence-corrected chi connectivity index (χ2v) is 8.60.